The number of ether oxygens (including phenoxy) is 4. The Morgan fingerprint density at radius 3 is 2.34 bits per heavy atom. The van der Waals surface area contributed by atoms with Crippen molar-refractivity contribution in [2.45, 2.75) is 90.8 Å². The summed E-state index contributed by atoms with van der Waals surface area (Å²) in [4.78, 5) is 63.5. The third kappa shape index (κ3) is 9.31. The average molecular weight is 639 g/mol. The van der Waals surface area contributed by atoms with Gasteiger partial charge in [-0.1, -0.05) is 51.0 Å². The summed E-state index contributed by atoms with van der Waals surface area (Å²) in [6.45, 7) is 4.65. The molecule has 0 bridgehead atoms. The van der Waals surface area contributed by atoms with Crippen molar-refractivity contribution < 1.29 is 37.7 Å². The molecule has 0 spiro atoms. The molecule has 1 atom stereocenters. The summed E-state index contributed by atoms with van der Waals surface area (Å²) >= 11 is 3.11. The summed E-state index contributed by atoms with van der Waals surface area (Å²) in [6.07, 6.45) is 6.68. The number of cyclic esters (lactones) is 1. The van der Waals surface area contributed by atoms with Crippen LogP contribution in [0.4, 0.5) is 4.79 Å². The summed E-state index contributed by atoms with van der Waals surface area (Å²) in [7, 11) is 0. The Hall–Kier alpha value is -3.41. The van der Waals surface area contributed by atoms with Crippen LogP contribution in [-0.2, 0) is 35.1 Å². The maximum Gasteiger partial charge on any atom is 0.508 e. The molecule has 2 aromatic heterocycles. The van der Waals surface area contributed by atoms with Crippen LogP contribution in [0.2, 0.25) is 0 Å². The van der Waals surface area contributed by atoms with Gasteiger partial charge in [-0.05, 0) is 42.3 Å². The van der Waals surface area contributed by atoms with Crippen molar-refractivity contribution in [2.75, 3.05) is 13.2 Å². The van der Waals surface area contributed by atoms with Crippen LogP contribution in [0.5, 0.6) is 0 Å². The van der Waals surface area contributed by atoms with Crippen LogP contribution in [0.1, 0.15) is 84.1 Å². The second kappa shape index (κ2) is 15.0. The number of aromatic amines is 1. The van der Waals surface area contributed by atoms with Gasteiger partial charge in [-0.25, -0.2) is 14.4 Å². The van der Waals surface area contributed by atoms with Crippen molar-refractivity contribution in [3.63, 3.8) is 0 Å². The fraction of sp³-hybridized carbons (Fsp3) is 0.552. The molecule has 0 aromatic carbocycles. The lowest BCUT2D eigenvalue weighted by atomic mass is 9.97. The zero-order valence-corrected chi connectivity index (χ0v) is 25.2. The third-order valence-corrected chi connectivity index (χ3v) is 7.33. The number of carbonyl (C=O) groups is 3. The predicted octanol–water partition coefficient (Wildman–Crippen LogP) is 5.60. The number of esters is 2. The molecule has 3 heterocycles. The van der Waals surface area contributed by atoms with Gasteiger partial charge in [0.05, 0.1) is 4.47 Å². The maximum atomic E-state index is 12.5. The first-order valence-electron chi connectivity index (χ1n) is 13.7. The third-order valence-electron chi connectivity index (χ3n) is 6.74. The van der Waals surface area contributed by atoms with Crippen molar-refractivity contribution >= 4 is 45.1 Å². The summed E-state index contributed by atoms with van der Waals surface area (Å²) in [5, 5.41) is 0.353. The molecule has 0 saturated carbocycles. The number of rotatable bonds is 14. The molecule has 0 aliphatic carbocycles. The summed E-state index contributed by atoms with van der Waals surface area (Å²) in [5.41, 5.74) is -1.25. The van der Waals surface area contributed by atoms with Crippen LogP contribution in [0, 0.1) is 0 Å². The number of carbonyl (C=O) groups excluding carboxylic acids is 3. The lowest BCUT2D eigenvalue weighted by molar-refractivity contribution is -0.167. The van der Waals surface area contributed by atoms with E-state index >= 15 is 0 Å². The van der Waals surface area contributed by atoms with Gasteiger partial charge in [0, 0.05) is 35.4 Å². The minimum atomic E-state index is -1.39. The lowest BCUT2D eigenvalue weighted by Gasteiger charge is -2.26. The van der Waals surface area contributed by atoms with Gasteiger partial charge in [0.1, 0.15) is 19.8 Å². The fourth-order valence-electron chi connectivity index (χ4n) is 4.43. The Balaban J connectivity index is 1.58. The monoisotopic (exact) mass is 637 g/mol. The first kappa shape index (κ1) is 32.1. The topological polar surface area (TPSA) is 151 Å². The molecular formula is C29H36BrNO10. The van der Waals surface area contributed by atoms with E-state index < -0.39 is 41.5 Å². The highest BCUT2D eigenvalue weighted by atomic mass is 79.9. The van der Waals surface area contributed by atoms with Crippen LogP contribution >= 0.6 is 15.9 Å². The van der Waals surface area contributed by atoms with E-state index in [2.05, 4.69) is 27.8 Å². The Bertz CT molecular complexity index is 1400. The number of allylic oxidation sites excluding steroid dienone is 1. The number of hydrogen-bond acceptors (Lipinski definition) is 10. The first-order chi connectivity index (χ1) is 19.5. The van der Waals surface area contributed by atoms with Gasteiger partial charge in [-0.3, -0.25) is 14.6 Å². The second-order valence-corrected chi connectivity index (χ2v) is 11.2. The number of unbranched alkanes of at least 4 members (excludes halogenated alkanes) is 6. The standard InChI is InChI=1S/C29H36BrNO10/c1-4-5-6-7-8-9-10-11-23(32)38-16-29(14-21(18(2)3)27(35)41-29)17-39-28(36)37-15-19-12-24(33)40-26-20(19)13-22(30)25(34)31-26/h12-13H,4-11,14-17H2,1-3H3,(H,31,34). The molecule has 12 heteroatoms. The van der Waals surface area contributed by atoms with E-state index in [-0.39, 0.29) is 41.8 Å². The molecule has 3 rings (SSSR count). The molecule has 1 saturated heterocycles. The summed E-state index contributed by atoms with van der Waals surface area (Å²) < 4.78 is 26.7. The van der Waals surface area contributed by atoms with Crippen molar-refractivity contribution in [1.82, 2.24) is 4.98 Å². The van der Waals surface area contributed by atoms with Crippen LogP contribution in [-0.4, -0.2) is 41.9 Å². The second-order valence-electron chi connectivity index (χ2n) is 10.4. The molecule has 11 nitrogen and oxygen atoms in total. The van der Waals surface area contributed by atoms with Gasteiger partial charge in [0.2, 0.25) is 5.71 Å². The highest BCUT2D eigenvalue weighted by Gasteiger charge is 2.46. The molecule has 1 aliphatic heterocycles. The van der Waals surface area contributed by atoms with E-state index in [0.717, 1.165) is 30.9 Å². The molecule has 1 N–H and O–H groups in total. The van der Waals surface area contributed by atoms with E-state index in [1.165, 1.54) is 25.3 Å². The van der Waals surface area contributed by atoms with Crippen LogP contribution in [0.3, 0.4) is 0 Å². The largest absolute Gasteiger partial charge is 0.508 e. The molecule has 1 aliphatic rings. The van der Waals surface area contributed by atoms with Crippen LogP contribution in [0.25, 0.3) is 11.1 Å². The molecule has 2 aromatic rings. The number of hydrogen-bond donors (Lipinski definition) is 1. The van der Waals surface area contributed by atoms with Gasteiger partial charge < -0.3 is 23.4 Å². The van der Waals surface area contributed by atoms with Crippen LogP contribution < -0.4 is 11.2 Å². The molecular weight excluding hydrogens is 602 g/mol. The van der Waals surface area contributed by atoms with Gasteiger partial charge in [-0.2, -0.15) is 0 Å². The Morgan fingerprint density at radius 1 is 0.976 bits per heavy atom. The van der Waals surface area contributed by atoms with E-state index in [9.17, 15) is 24.0 Å². The van der Waals surface area contributed by atoms with E-state index in [0.29, 0.717) is 17.4 Å². The van der Waals surface area contributed by atoms with E-state index in [4.69, 9.17) is 23.4 Å². The van der Waals surface area contributed by atoms with Crippen molar-refractivity contribution in [1.29, 1.82) is 0 Å². The lowest BCUT2D eigenvalue weighted by Crippen LogP contribution is -2.41. The van der Waals surface area contributed by atoms with Crippen molar-refractivity contribution in [2.24, 2.45) is 0 Å². The number of fused-ring (bicyclic) bond motifs is 1. The number of H-pyrrole nitrogens is 1. The summed E-state index contributed by atoms with van der Waals surface area (Å²) in [5.74, 6) is -0.978. The maximum absolute atomic E-state index is 12.5. The summed E-state index contributed by atoms with van der Waals surface area (Å²) in [6, 6.07) is 2.57. The highest BCUT2D eigenvalue weighted by molar-refractivity contribution is 9.10. The number of aromatic nitrogens is 1. The SMILES string of the molecule is CCCCCCCCCC(=O)OCC1(COC(=O)OCc2cc(=O)oc3[nH]c(=O)c(Br)cc23)CC(=C(C)C)C(=O)O1. The molecule has 0 amide bonds. The van der Waals surface area contributed by atoms with E-state index in [1.54, 1.807) is 13.8 Å². The predicted molar refractivity (Wildman–Crippen MR) is 152 cm³/mol. The Kier molecular flexibility index (Phi) is 11.7. The van der Waals surface area contributed by atoms with Crippen LogP contribution in [0.15, 0.2) is 41.8 Å². The van der Waals surface area contributed by atoms with E-state index in [1.807, 2.05) is 0 Å². The minimum absolute atomic E-state index is 0.0675. The molecule has 0 radical (unpaired) electrons. The fourth-order valence-corrected chi connectivity index (χ4v) is 4.76. The first-order valence-corrected chi connectivity index (χ1v) is 14.5. The molecule has 41 heavy (non-hydrogen) atoms. The Labute approximate surface area is 245 Å². The highest BCUT2D eigenvalue weighted by Crippen LogP contribution is 2.34. The number of halogens is 1. The number of nitrogens with one attached hydrogen (secondary N) is 1. The zero-order valence-electron chi connectivity index (χ0n) is 23.6. The Morgan fingerprint density at radius 2 is 1.66 bits per heavy atom. The van der Waals surface area contributed by atoms with Crippen molar-refractivity contribution in [3.8, 4) is 0 Å². The molecule has 1 fully saturated rings. The minimum Gasteiger partial charge on any atom is -0.461 e. The smallest absolute Gasteiger partial charge is 0.461 e. The van der Waals surface area contributed by atoms with Crippen molar-refractivity contribution in [3.05, 3.63) is 54.1 Å². The van der Waals surface area contributed by atoms with Gasteiger partial charge in [-0.15, -0.1) is 0 Å². The van der Waals surface area contributed by atoms with Gasteiger partial charge in [0.15, 0.2) is 5.60 Å². The molecule has 1 unspecified atom stereocenters. The molecule has 224 valence electrons. The van der Waals surface area contributed by atoms with Gasteiger partial charge >= 0.3 is 23.7 Å². The zero-order chi connectivity index (χ0) is 30.0. The quantitative estimate of drug-likeness (QED) is 0.120. The number of pyridine rings is 1. The average Bonchev–Trinajstić information content (AvgIpc) is 3.26. The van der Waals surface area contributed by atoms with Gasteiger partial charge in [0.25, 0.3) is 5.56 Å². The normalized spacial score (nSPS) is 16.5.